The van der Waals surface area contributed by atoms with Crippen molar-refractivity contribution in [1.29, 1.82) is 0 Å². The van der Waals surface area contributed by atoms with Crippen molar-refractivity contribution in [2.75, 3.05) is 10.6 Å². The van der Waals surface area contributed by atoms with Gasteiger partial charge in [-0.3, -0.25) is 53.7 Å². The van der Waals surface area contributed by atoms with E-state index in [2.05, 4.69) is 53.2 Å². The van der Waals surface area contributed by atoms with E-state index in [4.69, 9.17) is 23.7 Å². The molecule has 0 unspecified atom stereocenters. The number of ether oxygens (including phenoxy) is 5. The number of hydrogen-bond acceptors (Lipinski definition) is 16. The third-order valence-corrected chi connectivity index (χ3v) is 9.68. The molecule has 1 aromatic carbocycles. The maximum Gasteiger partial charge on any atom is -0.369 e. The molecule has 0 bridgehead atoms. The number of imidazole rings is 2. The van der Waals surface area contributed by atoms with E-state index in [-0.39, 0.29) is 89.7 Å². The average Bonchev–Trinajstić information content (AvgIpc) is 4.04. The van der Waals surface area contributed by atoms with Gasteiger partial charge in [0, 0.05) is 24.7 Å². The van der Waals surface area contributed by atoms with Crippen LogP contribution in [0.15, 0.2) is 52.6 Å². The van der Waals surface area contributed by atoms with E-state index in [1.165, 1.54) is 21.8 Å². The van der Waals surface area contributed by atoms with E-state index in [1.54, 1.807) is 52.0 Å². The number of anilines is 2. The molecule has 2 saturated heterocycles. The maximum absolute atomic E-state index is 12.5. The minimum atomic E-state index is -0.864. The predicted molar refractivity (Wildman–Crippen MR) is 244 cm³/mol. The molecule has 6 atom stereocenters. The monoisotopic (exact) mass is 915 g/mol. The third-order valence-electron chi connectivity index (χ3n) is 9.59. The van der Waals surface area contributed by atoms with Crippen LogP contribution in [0.1, 0.15) is 79.7 Å². The zero-order valence-corrected chi connectivity index (χ0v) is 38.9. The summed E-state index contributed by atoms with van der Waals surface area (Å²) >= 11 is 8.52. The summed E-state index contributed by atoms with van der Waals surface area (Å²) in [4.78, 5) is 94.3. The number of nitrogens with zero attached hydrogens (tertiary/aromatic N) is 6. The van der Waals surface area contributed by atoms with Crippen LogP contribution in [0.2, 0.25) is 0 Å². The topological polar surface area (TPSA) is 302 Å². The molecule has 5 aromatic rings. The van der Waals surface area contributed by atoms with Crippen LogP contribution in [0, 0.1) is 11.8 Å². The van der Waals surface area contributed by atoms with Crippen LogP contribution in [-0.2, 0) is 41.2 Å². The molecule has 0 aliphatic carbocycles. The first kappa shape index (κ1) is 53.6. The van der Waals surface area contributed by atoms with Crippen LogP contribution >= 0.6 is 13.5 Å². The Bertz CT molecular complexity index is 2490. The quantitative estimate of drug-likeness (QED) is 0.0537. The second-order valence-corrected chi connectivity index (χ2v) is 14.9. The van der Waals surface area contributed by atoms with E-state index in [0.29, 0.717) is 25.0 Å². The van der Waals surface area contributed by atoms with Crippen LogP contribution < -0.4 is 32.6 Å². The summed E-state index contributed by atoms with van der Waals surface area (Å²) in [5, 5.41) is 4.31. The molecular weight excluding hydrogens is 864 g/mol. The Morgan fingerprint density at radius 2 is 1.20 bits per heavy atom. The Kier molecular flexibility index (Phi) is 20.5. The van der Waals surface area contributed by atoms with Crippen LogP contribution in [-0.4, -0.2) is 118 Å². The van der Waals surface area contributed by atoms with Crippen LogP contribution in [0.5, 0.6) is 5.75 Å². The molecule has 0 radical (unpaired) electrons. The van der Waals surface area contributed by atoms with Gasteiger partial charge in [0.2, 0.25) is 23.7 Å². The second-order valence-electron chi connectivity index (χ2n) is 14.6. The fourth-order valence-electron chi connectivity index (χ4n) is 6.38. The summed E-state index contributed by atoms with van der Waals surface area (Å²) in [7, 11) is 0. The van der Waals surface area contributed by atoms with Gasteiger partial charge in [-0.25, -0.2) is 14.8 Å². The molecule has 2 fully saturated rings. The first-order valence-electron chi connectivity index (χ1n) is 20.3. The molecule has 8 N–H and O–H groups in total. The maximum atomic E-state index is 12.5. The molecule has 6 heterocycles. The molecule has 22 nitrogen and oxygen atoms in total. The molecule has 26 heteroatoms. The summed E-state index contributed by atoms with van der Waals surface area (Å²) in [6, 6.07) is 8.58. The Morgan fingerprint density at radius 1 is 0.781 bits per heavy atom. The fourth-order valence-corrected chi connectivity index (χ4v) is 6.50. The van der Waals surface area contributed by atoms with Crippen molar-refractivity contribution in [2.24, 2.45) is 11.8 Å². The molecule has 2 aliphatic heterocycles. The van der Waals surface area contributed by atoms with Gasteiger partial charge in [-0.15, -0.1) is 0 Å². The number of para-hydroxylation sites is 1. The number of amides is 2. The number of H-pyrrole nitrogens is 2. The molecule has 2 amide bonds. The molecule has 0 spiro atoms. The number of quaternary nitrogens is 1. The summed E-state index contributed by atoms with van der Waals surface area (Å²) in [6.45, 7) is 10.8. The number of aromatic amines is 2. The van der Waals surface area contributed by atoms with Crippen LogP contribution in [0.4, 0.5) is 21.5 Å². The number of aromatic nitrogens is 8. The minimum absolute atomic E-state index is 0. The average molecular weight is 916 g/mol. The molecule has 64 heavy (non-hydrogen) atoms. The van der Waals surface area contributed by atoms with Crippen LogP contribution in [0.25, 0.3) is 22.3 Å². The SMILES string of the molecule is CC[C@@H]1C[C@@H](OC(=O)Oc2ccccc2)[C@H](n2cnc3c(=O)[nH]c(NC(=O)C(C)C)nc32)O1.CC[C@@H]1C[C@@H](OC(=O)[S-])[C@H](n2cnc3c(=O)[nH]c(NC(=O)C(C)C)nc32)O1.S.[Li][Li].[NH4+]. The second kappa shape index (κ2) is 24.5. The van der Waals surface area contributed by atoms with Crippen molar-refractivity contribution < 1.29 is 42.9 Å². The van der Waals surface area contributed by atoms with Gasteiger partial charge in [-0.2, -0.15) is 23.5 Å². The van der Waals surface area contributed by atoms with Gasteiger partial charge in [0.25, 0.3) is 11.1 Å². The third kappa shape index (κ3) is 13.2. The van der Waals surface area contributed by atoms with Gasteiger partial charge in [0.1, 0.15) is 11.9 Å². The summed E-state index contributed by atoms with van der Waals surface area (Å²) in [6.07, 6.45) is 1.16. The van der Waals surface area contributed by atoms with Crippen molar-refractivity contribution >= 4 is 114 Å². The van der Waals surface area contributed by atoms with Crippen LogP contribution in [0.3, 0.4) is 0 Å². The molecule has 338 valence electrons. The van der Waals surface area contributed by atoms with E-state index < -0.39 is 47.2 Å². The Morgan fingerprint density at radius 3 is 1.59 bits per heavy atom. The number of carbonyl (C=O) groups excluding carboxylic acids is 4. The molecule has 4 aromatic heterocycles. The van der Waals surface area contributed by atoms with Crippen molar-refractivity contribution in [3.05, 3.63) is 63.7 Å². The summed E-state index contributed by atoms with van der Waals surface area (Å²) in [5.41, 5.74) is -0.436. The number of benzene rings is 1. The Hall–Kier alpha value is -4.76. The predicted octanol–water partition coefficient (Wildman–Crippen LogP) is 4.19. The van der Waals surface area contributed by atoms with Crippen molar-refractivity contribution in [1.82, 2.24) is 45.2 Å². The summed E-state index contributed by atoms with van der Waals surface area (Å²) in [5.74, 6) is -0.796. The smallest absolute Gasteiger partial charge is 0.369 e. The zero-order valence-electron chi connectivity index (χ0n) is 37.1. The largest absolute Gasteiger partial charge is 0.369 e. The van der Waals surface area contributed by atoms with E-state index in [9.17, 15) is 28.8 Å². The summed E-state index contributed by atoms with van der Waals surface area (Å²) < 4.78 is 31.1. The first-order chi connectivity index (χ1) is 29.6. The number of nitrogens with one attached hydrogen (secondary N) is 4. The first-order valence-corrected chi connectivity index (χ1v) is 20.7. The Balaban J connectivity index is 0.000000324. The molecule has 0 saturated carbocycles. The van der Waals surface area contributed by atoms with Gasteiger partial charge < -0.3 is 42.5 Å². The zero-order chi connectivity index (χ0) is 45.2. The molecule has 2 aliphatic rings. The molecule has 7 rings (SSSR count). The Labute approximate surface area is 396 Å². The number of rotatable bonds is 11. The van der Waals surface area contributed by atoms with Gasteiger partial charge in [0.15, 0.2) is 46.2 Å². The minimum Gasteiger partial charge on any atom is -0.369 e. The fraction of sp³-hybridized carbons (Fsp3) is 0.474. The van der Waals surface area contributed by atoms with Gasteiger partial charge in [-0.1, -0.05) is 59.7 Å². The van der Waals surface area contributed by atoms with Gasteiger partial charge >= 0.3 is 36.9 Å². The van der Waals surface area contributed by atoms with E-state index in [1.807, 2.05) is 50.7 Å². The van der Waals surface area contributed by atoms with Gasteiger partial charge in [-0.05, 0) is 25.0 Å². The molecular formula is C38H51Li2N11O11S2. The van der Waals surface area contributed by atoms with E-state index >= 15 is 0 Å². The van der Waals surface area contributed by atoms with Gasteiger partial charge in [0.05, 0.1) is 24.9 Å². The van der Waals surface area contributed by atoms with E-state index in [0.717, 1.165) is 6.42 Å². The standard InChI is InChI=1S/C22H25N5O6.C16H21N5O5S.2Li.H3N.H2S/c1-4-13-10-15(33-22(30)32-14-8-6-5-7-9-14)20(31-13)27-11-23-16-17(27)24-21(26-19(16)29)25-18(28)12(2)3;1-4-8-5-9(26-16(24)27)14(25-8)21-6-17-10-11(21)18-15(20-13(10)23)19-12(22)7(2)3;;;;/h5-9,11-13,15,20H,4,10H2,1-3H3,(H2,24,25,26,28,29);6-9,14H,4-5H2,1-3H3,(H,24,27)(H2,18,19,20,22,23);;;1H3;1H2/t13-,15-,20-;8-,9-,14-;;;;/m11..../s1. The van der Waals surface area contributed by atoms with Crippen molar-refractivity contribution in [3.63, 3.8) is 0 Å². The van der Waals surface area contributed by atoms with Crippen molar-refractivity contribution in [3.8, 4) is 5.75 Å². The number of fused-ring (bicyclic) bond motifs is 2. The van der Waals surface area contributed by atoms with Crippen molar-refractivity contribution in [2.45, 2.75) is 104 Å². The number of hydrogen-bond donors (Lipinski definition) is 5. The normalized spacial score (nSPS) is 19.9. The number of carbonyl (C=O) groups is 4.